The molecule has 0 fully saturated rings. The molecule has 3 aromatic carbocycles. The lowest BCUT2D eigenvalue weighted by molar-refractivity contribution is -0.115. The molecule has 4 aromatic rings. The minimum Gasteiger partial charge on any atom is -0.356 e. The maximum atomic E-state index is 12.3. The Morgan fingerprint density at radius 3 is 2.11 bits per heavy atom. The van der Waals surface area contributed by atoms with E-state index in [1.54, 1.807) is 6.07 Å². The molecule has 1 amide bonds. The van der Waals surface area contributed by atoms with Gasteiger partial charge in [0.05, 0.1) is 12.1 Å². The van der Waals surface area contributed by atoms with Gasteiger partial charge in [0.2, 0.25) is 5.91 Å². The number of nitrogens with zero attached hydrogens (tertiary/aromatic N) is 1. The van der Waals surface area contributed by atoms with Gasteiger partial charge in [-0.05, 0) is 36.4 Å². The van der Waals surface area contributed by atoms with Crippen LogP contribution in [0.1, 0.15) is 5.69 Å². The van der Waals surface area contributed by atoms with Gasteiger partial charge in [-0.3, -0.25) is 4.79 Å². The van der Waals surface area contributed by atoms with E-state index in [1.807, 2.05) is 84.9 Å². The third kappa shape index (κ3) is 4.45. The van der Waals surface area contributed by atoms with Crippen LogP contribution in [0.3, 0.4) is 0 Å². The fourth-order valence-electron chi connectivity index (χ4n) is 2.83. The van der Waals surface area contributed by atoms with Crippen LogP contribution in [0.4, 0.5) is 17.1 Å². The molecule has 0 saturated carbocycles. The van der Waals surface area contributed by atoms with Crippen LogP contribution in [-0.2, 0) is 11.2 Å². The molecule has 1 heterocycles. The van der Waals surface area contributed by atoms with E-state index in [9.17, 15) is 4.79 Å². The van der Waals surface area contributed by atoms with E-state index in [-0.39, 0.29) is 12.3 Å². The molecule has 0 bridgehead atoms. The van der Waals surface area contributed by atoms with E-state index in [2.05, 4.69) is 15.8 Å². The number of aromatic nitrogens is 1. The molecule has 0 spiro atoms. The van der Waals surface area contributed by atoms with Crippen LogP contribution in [0.15, 0.2) is 95.5 Å². The molecule has 0 radical (unpaired) electrons. The molecule has 0 unspecified atom stereocenters. The summed E-state index contributed by atoms with van der Waals surface area (Å²) in [4.78, 5) is 12.3. The van der Waals surface area contributed by atoms with E-state index < -0.39 is 0 Å². The van der Waals surface area contributed by atoms with Crippen molar-refractivity contribution in [1.29, 1.82) is 0 Å². The van der Waals surface area contributed by atoms with E-state index in [4.69, 9.17) is 4.52 Å². The third-order valence-corrected chi connectivity index (χ3v) is 4.19. The van der Waals surface area contributed by atoms with Crippen molar-refractivity contribution in [2.45, 2.75) is 6.42 Å². The average molecular weight is 369 g/mol. The quantitative estimate of drug-likeness (QED) is 0.486. The molecule has 0 aliphatic rings. The molecular weight excluding hydrogens is 350 g/mol. The van der Waals surface area contributed by atoms with Gasteiger partial charge in [-0.2, -0.15) is 0 Å². The van der Waals surface area contributed by atoms with Crippen LogP contribution in [0, 0.1) is 0 Å². The van der Waals surface area contributed by atoms with Crippen molar-refractivity contribution in [2.24, 2.45) is 0 Å². The first-order chi connectivity index (χ1) is 13.8. The first-order valence-corrected chi connectivity index (χ1v) is 8.99. The smallest absolute Gasteiger partial charge is 0.230 e. The molecule has 0 atom stereocenters. The molecule has 0 saturated heterocycles. The first-order valence-electron chi connectivity index (χ1n) is 8.99. The zero-order chi connectivity index (χ0) is 19.2. The number of para-hydroxylation sites is 1. The highest BCUT2D eigenvalue weighted by molar-refractivity contribution is 5.92. The maximum absolute atomic E-state index is 12.3. The summed E-state index contributed by atoms with van der Waals surface area (Å²) in [5.74, 6) is 0.511. The first kappa shape index (κ1) is 17.5. The van der Waals surface area contributed by atoms with E-state index in [0.29, 0.717) is 11.5 Å². The van der Waals surface area contributed by atoms with Crippen molar-refractivity contribution < 1.29 is 9.32 Å². The van der Waals surface area contributed by atoms with Gasteiger partial charge in [0.15, 0.2) is 5.76 Å². The standard InChI is InChI=1S/C23H19N3O2/c27-23(16-21-15-22(28-26-21)17-7-3-1-4-8-17)25-20-13-11-19(12-14-20)24-18-9-5-2-6-10-18/h1-15,24H,16H2,(H,25,27). The minimum absolute atomic E-state index is 0.142. The van der Waals surface area contributed by atoms with Gasteiger partial charge < -0.3 is 15.2 Å². The second-order valence-corrected chi connectivity index (χ2v) is 6.34. The van der Waals surface area contributed by atoms with Gasteiger partial charge >= 0.3 is 0 Å². The van der Waals surface area contributed by atoms with Crippen LogP contribution >= 0.6 is 0 Å². The SMILES string of the molecule is O=C(Cc1cc(-c2ccccc2)on1)Nc1ccc(Nc2ccccc2)cc1. The summed E-state index contributed by atoms with van der Waals surface area (Å²) >= 11 is 0. The van der Waals surface area contributed by atoms with Gasteiger partial charge in [0.1, 0.15) is 0 Å². The maximum Gasteiger partial charge on any atom is 0.230 e. The lowest BCUT2D eigenvalue weighted by Gasteiger charge is -2.08. The lowest BCUT2D eigenvalue weighted by atomic mass is 10.1. The number of amides is 1. The summed E-state index contributed by atoms with van der Waals surface area (Å²) in [6.45, 7) is 0. The summed E-state index contributed by atoms with van der Waals surface area (Å²) in [6.07, 6.45) is 0.153. The Kier molecular flexibility index (Phi) is 5.15. The molecular formula is C23H19N3O2. The topological polar surface area (TPSA) is 67.2 Å². The fourth-order valence-corrected chi connectivity index (χ4v) is 2.83. The van der Waals surface area contributed by atoms with Gasteiger partial charge in [-0.1, -0.05) is 53.7 Å². The number of anilines is 3. The summed E-state index contributed by atoms with van der Waals surface area (Å²) in [7, 11) is 0. The minimum atomic E-state index is -0.142. The Hall–Kier alpha value is -3.86. The normalized spacial score (nSPS) is 10.4. The molecule has 0 aliphatic heterocycles. The number of rotatable bonds is 6. The average Bonchev–Trinajstić information content (AvgIpc) is 3.19. The fraction of sp³-hybridized carbons (Fsp3) is 0.0435. The van der Waals surface area contributed by atoms with Crippen molar-refractivity contribution in [3.8, 4) is 11.3 Å². The number of hydrogen-bond donors (Lipinski definition) is 2. The van der Waals surface area contributed by atoms with Crippen molar-refractivity contribution in [1.82, 2.24) is 5.16 Å². The van der Waals surface area contributed by atoms with Gasteiger partial charge in [0, 0.05) is 28.7 Å². The molecule has 0 aliphatic carbocycles. The summed E-state index contributed by atoms with van der Waals surface area (Å²) in [5.41, 5.74) is 4.23. The van der Waals surface area contributed by atoms with Crippen LogP contribution in [-0.4, -0.2) is 11.1 Å². The summed E-state index contributed by atoms with van der Waals surface area (Å²) < 4.78 is 5.34. The molecule has 28 heavy (non-hydrogen) atoms. The highest BCUT2D eigenvalue weighted by Crippen LogP contribution is 2.21. The number of hydrogen-bond acceptors (Lipinski definition) is 4. The zero-order valence-electron chi connectivity index (χ0n) is 15.1. The second kappa shape index (κ2) is 8.22. The molecule has 5 nitrogen and oxygen atoms in total. The van der Waals surface area contributed by atoms with Crippen molar-refractivity contribution >= 4 is 23.0 Å². The molecule has 4 rings (SSSR count). The van der Waals surface area contributed by atoms with Crippen LogP contribution in [0.25, 0.3) is 11.3 Å². The Morgan fingerprint density at radius 2 is 1.39 bits per heavy atom. The number of benzene rings is 3. The summed E-state index contributed by atoms with van der Waals surface area (Å²) in [6, 6.07) is 29.0. The predicted octanol–water partition coefficient (Wildman–Crippen LogP) is 5.27. The lowest BCUT2D eigenvalue weighted by Crippen LogP contribution is -2.14. The predicted molar refractivity (Wildman–Crippen MR) is 110 cm³/mol. The monoisotopic (exact) mass is 369 g/mol. The van der Waals surface area contributed by atoms with Gasteiger partial charge in [-0.25, -0.2) is 0 Å². The second-order valence-electron chi connectivity index (χ2n) is 6.34. The van der Waals surface area contributed by atoms with E-state index in [1.165, 1.54) is 0 Å². The number of carbonyl (C=O) groups is 1. The Bertz CT molecular complexity index is 1040. The van der Waals surface area contributed by atoms with Crippen LogP contribution in [0.5, 0.6) is 0 Å². The highest BCUT2D eigenvalue weighted by Gasteiger charge is 2.11. The molecule has 2 N–H and O–H groups in total. The summed E-state index contributed by atoms with van der Waals surface area (Å²) in [5, 5.41) is 10.2. The number of carbonyl (C=O) groups excluding carboxylic acids is 1. The van der Waals surface area contributed by atoms with Crippen molar-refractivity contribution in [2.75, 3.05) is 10.6 Å². The van der Waals surface area contributed by atoms with Crippen molar-refractivity contribution in [3.05, 3.63) is 96.7 Å². The molecule has 5 heteroatoms. The molecule has 138 valence electrons. The van der Waals surface area contributed by atoms with Crippen molar-refractivity contribution in [3.63, 3.8) is 0 Å². The molecule has 1 aromatic heterocycles. The zero-order valence-corrected chi connectivity index (χ0v) is 15.1. The van der Waals surface area contributed by atoms with Gasteiger partial charge in [0.25, 0.3) is 0 Å². The largest absolute Gasteiger partial charge is 0.356 e. The third-order valence-electron chi connectivity index (χ3n) is 4.19. The van der Waals surface area contributed by atoms with Crippen LogP contribution in [0.2, 0.25) is 0 Å². The number of nitrogens with one attached hydrogen (secondary N) is 2. The van der Waals surface area contributed by atoms with Gasteiger partial charge in [-0.15, -0.1) is 0 Å². The van der Waals surface area contributed by atoms with E-state index in [0.717, 1.165) is 22.6 Å². The Labute approximate surface area is 163 Å². The van der Waals surface area contributed by atoms with Crippen LogP contribution < -0.4 is 10.6 Å². The Morgan fingerprint density at radius 1 is 0.786 bits per heavy atom. The highest BCUT2D eigenvalue weighted by atomic mass is 16.5. The van der Waals surface area contributed by atoms with E-state index >= 15 is 0 Å². The Balaban J connectivity index is 1.34.